The minimum absolute atomic E-state index is 0.000525. The third kappa shape index (κ3) is 6.13. The Hall–Kier alpha value is -2.29. The molecule has 1 aromatic carbocycles. The maximum Gasteiger partial charge on any atom is 0.387 e. The maximum absolute atomic E-state index is 14.5. The fourth-order valence-corrected chi connectivity index (χ4v) is 2.96. The number of halogens is 3. The SMILES string of the molecule is O=C(O)[C@@H](CCCc1ccccc1OC(F)F)[C@H](F)C(=O)N1CCOCC1. The average molecular weight is 389 g/mol. The Morgan fingerprint density at radius 1 is 1.19 bits per heavy atom. The number of benzene rings is 1. The molecule has 1 amide bonds. The van der Waals surface area contributed by atoms with Crippen LogP contribution in [0.5, 0.6) is 5.75 Å². The van der Waals surface area contributed by atoms with Gasteiger partial charge in [-0.3, -0.25) is 9.59 Å². The number of nitrogens with zero attached hydrogens (tertiary/aromatic N) is 1. The maximum atomic E-state index is 14.5. The molecule has 0 bridgehead atoms. The van der Waals surface area contributed by atoms with E-state index in [4.69, 9.17) is 4.74 Å². The molecule has 2 atom stereocenters. The molecule has 1 fully saturated rings. The molecule has 150 valence electrons. The van der Waals surface area contributed by atoms with Crippen molar-refractivity contribution in [3.8, 4) is 5.75 Å². The number of aryl methyl sites for hydroxylation is 1. The van der Waals surface area contributed by atoms with Crippen LogP contribution in [0.3, 0.4) is 0 Å². The van der Waals surface area contributed by atoms with E-state index in [1.54, 1.807) is 18.2 Å². The zero-order chi connectivity index (χ0) is 19.8. The average Bonchev–Trinajstić information content (AvgIpc) is 2.65. The van der Waals surface area contributed by atoms with Crippen LogP contribution in [-0.2, 0) is 20.7 Å². The van der Waals surface area contributed by atoms with Crippen molar-refractivity contribution in [2.75, 3.05) is 26.3 Å². The van der Waals surface area contributed by atoms with Crippen LogP contribution < -0.4 is 4.74 Å². The van der Waals surface area contributed by atoms with Crippen LogP contribution in [0, 0.1) is 5.92 Å². The molecule has 2 rings (SSSR count). The van der Waals surface area contributed by atoms with Gasteiger partial charge in [0.1, 0.15) is 5.75 Å². The number of morpholine rings is 1. The van der Waals surface area contributed by atoms with E-state index in [-0.39, 0.29) is 51.3 Å². The van der Waals surface area contributed by atoms with Crippen molar-refractivity contribution < 1.29 is 37.3 Å². The fraction of sp³-hybridized carbons (Fsp3) is 0.556. The van der Waals surface area contributed by atoms with Gasteiger partial charge in [-0.1, -0.05) is 18.2 Å². The normalized spacial score (nSPS) is 16.8. The van der Waals surface area contributed by atoms with Crippen LogP contribution in [0.15, 0.2) is 24.3 Å². The number of hydrogen-bond donors (Lipinski definition) is 1. The molecule has 1 N–H and O–H groups in total. The van der Waals surface area contributed by atoms with Crippen LogP contribution in [0.25, 0.3) is 0 Å². The van der Waals surface area contributed by atoms with Crippen LogP contribution in [0.2, 0.25) is 0 Å². The summed E-state index contributed by atoms with van der Waals surface area (Å²) >= 11 is 0. The van der Waals surface area contributed by atoms with E-state index < -0.39 is 30.6 Å². The molecule has 9 heteroatoms. The Morgan fingerprint density at radius 3 is 2.48 bits per heavy atom. The number of aliphatic carboxylic acids is 1. The van der Waals surface area contributed by atoms with E-state index >= 15 is 0 Å². The van der Waals surface area contributed by atoms with Crippen molar-refractivity contribution in [1.29, 1.82) is 0 Å². The highest BCUT2D eigenvalue weighted by atomic mass is 19.3. The first-order valence-corrected chi connectivity index (χ1v) is 8.66. The van der Waals surface area contributed by atoms with Gasteiger partial charge >= 0.3 is 12.6 Å². The number of carboxylic acid groups (broad SMARTS) is 1. The van der Waals surface area contributed by atoms with Gasteiger partial charge in [-0.05, 0) is 30.9 Å². The lowest BCUT2D eigenvalue weighted by atomic mass is 9.94. The van der Waals surface area contributed by atoms with E-state index in [9.17, 15) is 27.9 Å². The Morgan fingerprint density at radius 2 is 1.85 bits per heavy atom. The molecular weight excluding hydrogens is 367 g/mol. The van der Waals surface area contributed by atoms with Crippen molar-refractivity contribution in [1.82, 2.24) is 4.90 Å². The number of carbonyl (C=O) groups is 2. The minimum Gasteiger partial charge on any atom is -0.481 e. The standard InChI is InChI=1S/C18H22F3NO5/c19-15(16(23)22-8-10-26-11-9-22)13(17(24)25)6-3-5-12-4-1-2-7-14(12)27-18(20)21/h1-2,4,7,13,15,18H,3,5-6,8-11H2,(H,24,25)/t13-,15-/m0/s1. The highest BCUT2D eigenvalue weighted by Gasteiger charge is 2.36. The summed E-state index contributed by atoms with van der Waals surface area (Å²) in [6, 6.07) is 6.15. The first-order chi connectivity index (χ1) is 12.9. The molecule has 1 aromatic rings. The molecule has 0 spiro atoms. The number of carbonyl (C=O) groups excluding carboxylic acids is 1. The van der Waals surface area contributed by atoms with Gasteiger partial charge in [0.05, 0.1) is 19.1 Å². The molecule has 27 heavy (non-hydrogen) atoms. The molecule has 0 radical (unpaired) electrons. The molecular formula is C18H22F3NO5. The summed E-state index contributed by atoms with van der Waals surface area (Å²) in [5.74, 6) is -3.75. The van der Waals surface area contributed by atoms with E-state index in [1.165, 1.54) is 11.0 Å². The van der Waals surface area contributed by atoms with Gasteiger partial charge in [-0.25, -0.2) is 4.39 Å². The van der Waals surface area contributed by atoms with Crippen molar-refractivity contribution in [2.45, 2.75) is 32.0 Å². The monoisotopic (exact) mass is 389 g/mol. The number of hydrogen-bond acceptors (Lipinski definition) is 4. The molecule has 0 aromatic heterocycles. The lowest BCUT2D eigenvalue weighted by Gasteiger charge is -2.29. The molecule has 1 saturated heterocycles. The summed E-state index contributed by atoms with van der Waals surface area (Å²) in [6.45, 7) is -1.94. The summed E-state index contributed by atoms with van der Waals surface area (Å²) in [7, 11) is 0. The summed E-state index contributed by atoms with van der Waals surface area (Å²) in [5.41, 5.74) is 0.469. The van der Waals surface area contributed by atoms with E-state index in [1.807, 2.05) is 0 Å². The second-order valence-electron chi connectivity index (χ2n) is 6.16. The number of ether oxygens (including phenoxy) is 2. The highest BCUT2D eigenvalue weighted by molar-refractivity contribution is 5.86. The van der Waals surface area contributed by atoms with Gasteiger partial charge < -0.3 is 19.5 Å². The van der Waals surface area contributed by atoms with Crippen LogP contribution in [-0.4, -0.2) is 61.0 Å². The number of para-hydroxylation sites is 1. The Labute approximate surface area is 154 Å². The zero-order valence-corrected chi connectivity index (χ0v) is 14.7. The smallest absolute Gasteiger partial charge is 0.387 e. The molecule has 0 aliphatic carbocycles. The van der Waals surface area contributed by atoms with E-state index in [2.05, 4.69) is 4.74 Å². The largest absolute Gasteiger partial charge is 0.481 e. The van der Waals surface area contributed by atoms with Gasteiger partial charge in [0.15, 0.2) is 6.17 Å². The zero-order valence-electron chi connectivity index (χ0n) is 14.7. The number of carboxylic acids is 1. The molecule has 1 aliphatic heterocycles. The van der Waals surface area contributed by atoms with Gasteiger partial charge in [0, 0.05) is 13.1 Å². The topological polar surface area (TPSA) is 76.1 Å². The first kappa shape index (κ1) is 21.0. The lowest BCUT2D eigenvalue weighted by molar-refractivity contribution is -0.153. The van der Waals surface area contributed by atoms with E-state index in [0.717, 1.165) is 0 Å². The van der Waals surface area contributed by atoms with Crippen molar-refractivity contribution in [2.24, 2.45) is 5.92 Å². The Kier molecular flexibility index (Phi) is 7.90. The highest BCUT2D eigenvalue weighted by Crippen LogP contribution is 2.25. The Balaban J connectivity index is 1.94. The van der Waals surface area contributed by atoms with Gasteiger partial charge in [0.2, 0.25) is 0 Å². The Bertz CT molecular complexity index is 637. The van der Waals surface area contributed by atoms with Crippen molar-refractivity contribution in [3.05, 3.63) is 29.8 Å². The molecule has 0 saturated carbocycles. The van der Waals surface area contributed by atoms with Crippen LogP contribution >= 0.6 is 0 Å². The third-order valence-electron chi connectivity index (χ3n) is 4.38. The predicted molar refractivity (Wildman–Crippen MR) is 89.4 cm³/mol. The fourth-order valence-electron chi connectivity index (χ4n) is 2.96. The van der Waals surface area contributed by atoms with Gasteiger partial charge in [0.25, 0.3) is 5.91 Å². The first-order valence-electron chi connectivity index (χ1n) is 8.66. The third-order valence-corrected chi connectivity index (χ3v) is 4.38. The van der Waals surface area contributed by atoms with E-state index in [0.29, 0.717) is 5.56 Å². The predicted octanol–water partition coefficient (Wildman–Crippen LogP) is 2.51. The van der Waals surface area contributed by atoms with Crippen LogP contribution in [0.1, 0.15) is 18.4 Å². The second kappa shape index (κ2) is 10.1. The molecule has 1 aliphatic rings. The van der Waals surface area contributed by atoms with Crippen molar-refractivity contribution >= 4 is 11.9 Å². The minimum atomic E-state index is -2.97. The quantitative estimate of drug-likeness (QED) is 0.702. The number of alkyl halides is 3. The molecule has 1 heterocycles. The number of amides is 1. The number of rotatable bonds is 9. The van der Waals surface area contributed by atoms with Gasteiger partial charge in [-0.2, -0.15) is 8.78 Å². The summed E-state index contributed by atoms with van der Waals surface area (Å²) in [5, 5.41) is 9.30. The van der Waals surface area contributed by atoms with Crippen molar-refractivity contribution in [3.63, 3.8) is 0 Å². The lowest BCUT2D eigenvalue weighted by Crippen LogP contribution is -2.47. The summed E-state index contributed by atoms with van der Waals surface area (Å²) < 4.78 is 48.9. The van der Waals surface area contributed by atoms with Crippen LogP contribution in [0.4, 0.5) is 13.2 Å². The van der Waals surface area contributed by atoms with Gasteiger partial charge in [-0.15, -0.1) is 0 Å². The summed E-state index contributed by atoms with van der Waals surface area (Å²) in [4.78, 5) is 24.9. The second-order valence-corrected chi connectivity index (χ2v) is 6.16. The summed E-state index contributed by atoms with van der Waals surface area (Å²) in [6.07, 6.45) is -1.83. The molecule has 0 unspecified atom stereocenters. The molecule has 6 nitrogen and oxygen atoms in total.